The maximum absolute atomic E-state index is 12.5. The molecule has 1 fully saturated rings. The topological polar surface area (TPSA) is 58.6 Å². The van der Waals surface area contributed by atoms with Gasteiger partial charge >= 0.3 is 0 Å². The number of nitrogens with one attached hydrogen (secondary N) is 1. The van der Waals surface area contributed by atoms with Crippen molar-refractivity contribution in [1.29, 1.82) is 0 Å². The number of hydrogen-bond donors (Lipinski definition) is 2. The normalized spacial score (nSPS) is 18.4. The van der Waals surface area contributed by atoms with Crippen molar-refractivity contribution in [2.24, 2.45) is 5.92 Å². The first kappa shape index (κ1) is 17.0. The highest BCUT2D eigenvalue weighted by Crippen LogP contribution is 2.28. The molecule has 0 radical (unpaired) electrons. The van der Waals surface area contributed by atoms with E-state index in [4.69, 9.17) is 4.74 Å². The van der Waals surface area contributed by atoms with Gasteiger partial charge in [0.05, 0.1) is 12.2 Å². The van der Waals surface area contributed by atoms with Crippen LogP contribution in [0.1, 0.15) is 51.2 Å². The van der Waals surface area contributed by atoms with Gasteiger partial charge < -0.3 is 15.2 Å². The van der Waals surface area contributed by atoms with Crippen molar-refractivity contribution < 1.29 is 14.6 Å². The molecule has 2 N–H and O–H groups in total. The lowest BCUT2D eigenvalue weighted by Gasteiger charge is -2.23. The summed E-state index contributed by atoms with van der Waals surface area (Å²) in [5.74, 6) is -0.0518. The van der Waals surface area contributed by atoms with Crippen LogP contribution in [-0.4, -0.2) is 29.8 Å². The number of carbonyl (C=O) groups is 1. The van der Waals surface area contributed by atoms with E-state index in [0.717, 1.165) is 18.4 Å². The number of aliphatic hydroxyl groups is 1. The summed E-state index contributed by atoms with van der Waals surface area (Å²) in [6.45, 7) is 4.12. The van der Waals surface area contributed by atoms with Crippen LogP contribution in [0.25, 0.3) is 0 Å². The number of carbonyl (C=O) groups excluding carboxylic acids is 1. The number of ether oxygens (including phenoxy) is 1. The third-order valence-electron chi connectivity index (χ3n) is 4.23. The Morgan fingerprint density at radius 2 is 1.91 bits per heavy atom. The Bertz CT molecular complexity index is 455. The van der Waals surface area contributed by atoms with Crippen LogP contribution in [0.2, 0.25) is 0 Å². The molecule has 2 atom stereocenters. The second-order valence-corrected chi connectivity index (χ2v) is 6.39. The van der Waals surface area contributed by atoms with Gasteiger partial charge in [-0.15, -0.1) is 0 Å². The van der Waals surface area contributed by atoms with Crippen LogP contribution in [-0.2, 0) is 9.53 Å². The molecule has 0 heterocycles. The SMILES string of the molecule is CC(C)C(O)CNC(=O)C(OC1CCCC1)c1ccccc1. The molecule has 4 heteroatoms. The van der Waals surface area contributed by atoms with E-state index in [1.807, 2.05) is 44.2 Å². The summed E-state index contributed by atoms with van der Waals surface area (Å²) in [4.78, 5) is 12.5. The Morgan fingerprint density at radius 3 is 2.50 bits per heavy atom. The lowest BCUT2D eigenvalue weighted by molar-refractivity contribution is -0.137. The van der Waals surface area contributed by atoms with Gasteiger partial charge in [-0.25, -0.2) is 0 Å². The van der Waals surface area contributed by atoms with Crippen molar-refractivity contribution in [2.75, 3.05) is 6.54 Å². The molecule has 122 valence electrons. The molecule has 2 rings (SSSR count). The lowest BCUT2D eigenvalue weighted by atomic mass is 10.1. The molecule has 1 aromatic rings. The molecule has 2 unspecified atom stereocenters. The van der Waals surface area contributed by atoms with Crippen molar-refractivity contribution in [3.63, 3.8) is 0 Å². The zero-order chi connectivity index (χ0) is 15.9. The van der Waals surface area contributed by atoms with Crippen LogP contribution in [0.3, 0.4) is 0 Å². The van der Waals surface area contributed by atoms with Crippen LogP contribution >= 0.6 is 0 Å². The molecule has 1 aromatic carbocycles. The number of amides is 1. The average Bonchev–Trinajstić information content (AvgIpc) is 3.03. The van der Waals surface area contributed by atoms with E-state index in [1.165, 1.54) is 12.8 Å². The monoisotopic (exact) mass is 305 g/mol. The summed E-state index contributed by atoms with van der Waals surface area (Å²) in [6.07, 6.45) is 3.40. The summed E-state index contributed by atoms with van der Waals surface area (Å²) in [7, 11) is 0. The van der Waals surface area contributed by atoms with Gasteiger partial charge in [0.1, 0.15) is 0 Å². The largest absolute Gasteiger partial charge is 0.391 e. The molecule has 1 aliphatic carbocycles. The highest BCUT2D eigenvalue weighted by Gasteiger charge is 2.27. The highest BCUT2D eigenvalue weighted by atomic mass is 16.5. The Kier molecular flexibility index (Phi) is 6.40. The summed E-state index contributed by atoms with van der Waals surface area (Å²) >= 11 is 0. The fourth-order valence-electron chi connectivity index (χ4n) is 2.67. The van der Waals surface area contributed by atoms with Gasteiger partial charge in [-0.1, -0.05) is 57.0 Å². The Labute approximate surface area is 132 Å². The van der Waals surface area contributed by atoms with Gasteiger partial charge in [-0.2, -0.15) is 0 Å². The van der Waals surface area contributed by atoms with E-state index in [1.54, 1.807) is 0 Å². The lowest BCUT2D eigenvalue weighted by Crippen LogP contribution is -2.39. The Morgan fingerprint density at radius 1 is 1.27 bits per heavy atom. The fourth-order valence-corrected chi connectivity index (χ4v) is 2.67. The number of hydrogen-bond acceptors (Lipinski definition) is 3. The van der Waals surface area contributed by atoms with E-state index in [2.05, 4.69) is 5.32 Å². The van der Waals surface area contributed by atoms with E-state index in [9.17, 15) is 9.90 Å². The molecule has 1 saturated carbocycles. The molecule has 4 nitrogen and oxygen atoms in total. The molecule has 0 bridgehead atoms. The van der Waals surface area contributed by atoms with Gasteiger partial charge in [-0.05, 0) is 24.3 Å². The fraction of sp³-hybridized carbons (Fsp3) is 0.611. The predicted molar refractivity (Wildman–Crippen MR) is 86.4 cm³/mol. The molecule has 0 saturated heterocycles. The second-order valence-electron chi connectivity index (χ2n) is 6.39. The molecule has 0 aliphatic heterocycles. The maximum atomic E-state index is 12.5. The van der Waals surface area contributed by atoms with Crippen LogP contribution < -0.4 is 5.32 Å². The quantitative estimate of drug-likeness (QED) is 0.814. The first-order chi connectivity index (χ1) is 10.6. The minimum Gasteiger partial charge on any atom is -0.391 e. The first-order valence-electron chi connectivity index (χ1n) is 8.24. The van der Waals surface area contributed by atoms with E-state index in [0.29, 0.717) is 0 Å². The van der Waals surface area contributed by atoms with Crippen molar-refractivity contribution in [2.45, 2.75) is 57.8 Å². The predicted octanol–water partition coefficient (Wildman–Crippen LogP) is 2.82. The van der Waals surface area contributed by atoms with Crippen molar-refractivity contribution in [3.05, 3.63) is 35.9 Å². The maximum Gasteiger partial charge on any atom is 0.253 e. The Hall–Kier alpha value is -1.39. The minimum absolute atomic E-state index is 0.117. The number of rotatable bonds is 7. The zero-order valence-electron chi connectivity index (χ0n) is 13.5. The summed E-state index contributed by atoms with van der Waals surface area (Å²) in [5.41, 5.74) is 0.867. The van der Waals surface area contributed by atoms with Crippen molar-refractivity contribution >= 4 is 5.91 Å². The number of benzene rings is 1. The molecular formula is C18H27NO3. The smallest absolute Gasteiger partial charge is 0.253 e. The van der Waals surface area contributed by atoms with Crippen molar-refractivity contribution in [1.82, 2.24) is 5.32 Å². The van der Waals surface area contributed by atoms with E-state index >= 15 is 0 Å². The van der Waals surface area contributed by atoms with Crippen molar-refractivity contribution in [3.8, 4) is 0 Å². The van der Waals surface area contributed by atoms with E-state index in [-0.39, 0.29) is 24.5 Å². The third-order valence-corrected chi connectivity index (χ3v) is 4.23. The molecular weight excluding hydrogens is 278 g/mol. The molecule has 0 spiro atoms. The standard InChI is InChI=1S/C18H27NO3/c1-13(2)16(20)12-19-18(21)17(14-8-4-3-5-9-14)22-15-10-6-7-11-15/h3-5,8-9,13,15-17,20H,6-7,10-12H2,1-2H3,(H,19,21). The van der Waals surface area contributed by atoms with Crippen LogP contribution in [0, 0.1) is 5.92 Å². The number of aliphatic hydroxyl groups excluding tert-OH is 1. The summed E-state index contributed by atoms with van der Waals surface area (Å²) in [5, 5.41) is 12.7. The second kappa shape index (κ2) is 8.30. The van der Waals surface area contributed by atoms with Gasteiger partial charge in [0, 0.05) is 6.54 Å². The minimum atomic E-state index is -0.594. The molecule has 1 amide bonds. The van der Waals surface area contributed by atoms with Crippen LogP contribution in [0.4, 0.5) is 0 Å². The van der Waals surface area contributed by atoms with E-state index < -0.39 is 12.2 Å². The van der Waals surface area contributed by atoms with Crippen LogP contribution in [0.15, 0.2) is 30.3 Å². The third kappa shape index (κ3) is 4.82. The molecule has 22 heavy (non-hydrogen) atoms. The zero-order valence-corrected chi connectivity index (χ0v) is 13.5. The summed E-state index contributed by atoms with van der Waals surface area (Å²) < 4.78 is 6.06. The van der Waals surface area contributed by atoms with Gasteiger partial charge in [-0.3, -0.25) is 4.79 Å². The van der Waals surface area contributed by atoms with Crippen LogP contribution in [0.5, 0.6) is 0 Å². The summed E-state index contributed by atoms with van der Waals surface area (Å²) in [6, 6.07) is 9.58. The molecule has 1 aliphatic rings. The highest BCUT2D eigenvalue weighted by molar-refractivity contribution is 5.82. The molecule has 0 aromatic heterocycles. The first-order valence-corrected chi connectivity index (χ1v) is 8.24. The van der Waals surface area contributed by atoms with Gasteiger partial charge in [0.15, 0.2) is 6.10 Å². The van der Waals surface area contributed by atoms with Gasteiger partial charge in [0.25, 0.3) is 5.91 Å². The Balaban J connectivity index is 2.01. The van der Waals surface area contributed by atoms with Gasteiger partial charge in [0.2, 0.25) is 0 Å². The average molecular weight is 305 g/mol.